The Morgan fingerprint density at radius 2 is 1.24 bits per heavy atom. The quantitative estimate of drug-likeness (QED) is 0.112. The summed E-state index contributed by atoms with van der Waals surface area (Å²) >= 11 is 0. The molecule has 344 valence electrons. The zero-order chi connectivity index (χ0) is 46.8. The van der Waals surface area contributed by atoms with Crippen LogP contribution in [-0.4, -0.2) is 14.1 Å². The third kappa shape index (κ3) is 8.97. The molecule has 0 radical (unpaired) electrons. The Hall–Kier alpha value is -6.55. The number of hydrogen-bond acceptors (Lipinski definition) is 2. The molecule has 0 unspecified atom stereocenters. The van der Waals surface area contributed by atoms with Crippen molar-refractivity contribution in [3.8, 4) is 50.9 Å². The Bertz CT molecular complexity index is 3450. The second kappa shape index (κ2) is 17.8. The minimum Gasteiger partial charge on any atom is -0.510 e. The van der Waals surface area contributed by atoms with Crippen molar-refractivity contribution < 1.29 is 30.4 Å². The van der Waals surface area contributed by atoms with Gasteiger partial charge in [-0.05, 0) is 103 Å². The van der Waals surface area contributed by atoms with Crippen LogP contribution >= 0.6 is 0 Å². The SMILES string of the molecule is Cc1cccc2c1[n+](-c1c(-c3ccccc3)cccc1-c1cc(C(C)(C)C)cc(C(C)(C)C)c1)[c-]n2-c1[c-]c(Oc2[c-]c3c(cc2)c2ccccc2n3-c2cc(CC(C)(C)C)ccn2)ccc1.[Pt]. The smallest absolute Gasteiger partial charge is 0.268 e. The molecule has 0 amide bonds. The molecule has 0 atom stereocenters. The summed E-state index contributed by atoms with van der Waals surface area (Å²) in [5, 5.41) is 2.23. The molecule has 0 bridgehead atoms. The van der Waals surface area contributed by atoms with E-state index in [2.05, 4.69) is 235 Å². The van der Waals surface area contributed by atoms with Crippen LogP contribution in [0.2, 0.25) is 0 Å². The summed E-state index contributed by atoms with van der Waals surface area (Å²) in [4.78, 5) is 4.89. The molecule has 3 aromatic heterocycles. The summed E-state index contributed by atoms with van der Waals surface area (Å²) in [6.07, 6.45) is 6.74. The van der Waals surface area contributed by atoms with Crippen LogP contribution < -0.4 is 9.30 Å². The van der Waals surface area contributed by atoms with E-state index in [9.17, 15) is 0 Å². The van der Waals surface area contributed by atoms with Gasteiger partial charge in [0.05, 0.1) is 16.7 Å². The van der Waals surface area contributed by atoms with Crippen LogP contribution in [-0.2, 0) is 38.3 Å². The van der Waals surface area contributed by atoms with Crippen LogP contribution in [0.4, 0.5) is 0 Å². The first kappa shape index (κ1) is 46.6. The van der Waals surface area contributed by atoms with E-state index in [4.69, 9.17) is 9.72 Å². The van der Waals surface area contributed by atoms with Gasteiger partial charge in [-0.25, -0.2) is 4.98 Å². The van der Waals surface area contributed by atoms with E-state index in [0.717, 1.165) is 78.7 Å². The van der Waals surface area contributed by atoms with Gasteiger partial charge in [-0.15, -0.1) is 29.7 Å². The van der Waals surface area contributed by atoms with Crippen molar-refractivity contribution in [1.82, 2.24) is 14.1 Å². The number of nitrogens with zero attached hydrogens (tertiary/aromatic N) is 4. The summed E-state index contributed by atoms with van der Waals surface area (Å²) in [5.74, 6) is 2.04. The average molecular weight is 1070 g/mol. The zero-order valence-corrected chi connectivity index (χ0v) is 43.0. The van der Waals surface area contributed by atoms with Gasteiger partial charge in [0.15, 0.2) is 0 Å². The molecular weight excluding hydrogens is 1010 g/mol. The van der Waals surface area contributed by atoms with Crippen LogP contribution in [0.25, 0.3) is 72.3 Å². The van der Waals surface area contributed by atoms with E-state index in [1.807, 2.05) is 24.4 Å². The van der Waals surface area contributed by atoms with E-state index < -0.39 is 0 Å². The van der Waals surface area contributed by atoms with Gasteiger partial charge in [0.25, 0.3) is 6.33 Å². The van der Waals surface area contributed by atoms with Crippen LogP contribution in [0.3, 0.4) is 0 Å². The molecule has 0 saturated carbocycles. The molecule has 0 fully saturated rings. The predicted octanol–water partition coefficient (Wildman–Crippen LogP) is 15.4. The summed E-state index contributed by atoms with van der Waals surface area (Å²) in [5.41, 5.74) is 15.6. The van der Waals surface area contributed by atoms with Crippen LogP contribution in [0.5, 0.6) is 11.5 Å². The van der Waals surface area contributed by atoms with Crippen molar-refractivity contribution in [2.45, 2.75) is 86.5 Å². The molecule has 7 aromatic carbocycles. The fraction of sp³-hybridized carbons (Fsp3) is 0.226. The molecule has 0 aliphatic rings. The molecular formula is C62H58N4OPt-2. The number of para-hydroxylation sites is 3. The minimum absolute atomic E-state index is 0. The van der Waals surface area contributed by atoms with Crippen molar-refractivity contribution in [2.24, 2.45) is 5.41 Å². The maximum absolute atomic E-state index is 6.70. The van der Waals surface area contributed by atoms with Crippen molar-refractivity contribution >= 4 is 32.8 Å². The summed E-state index contributed by atoms with van der Waals surface area (Å²) in [6.45, 7) is 22.8. The minimum atomic E-state index is -0.0426. The van der Waals surface area contributed by atoms with Gasteiger partial charge in [0.1, 0.15) is 5.82 Å². The third-order valence-corrected chi connectivity index (χ3v) is 12.7. The summed E-state index contributed by atoms with van der Waals surface area (Å²) in [7, 11) is 0. The predicted molar refractivity (Wildman–Crippen MR) is 276 cm³/mol. The second-order valence-corrected chi connectivity index (χ2v) is 21.3. The topological polar surface area (TPSA) is 35.9 Å². The molecule has 10 aromatic rings. The number of fused-ring (bicyclic) bond motifs is 4. The first-order valence-electron chi connectivity index (χ1n) is 23.4. The second-order valence-electron chi connectivity index (χ2n) is 21.3. The average Bonchev–Trinajstić information content (AvgIpc) is 3.85. The largest absolute Gasteiger partial charge is 0.510 e. The molecule has 68 heavy (non-hydrogen) atoms. The van der Waals surface area contributed by atoms with Gasteiger partial charge in [-0.3, -0.25) is 4.57 Å². The van der Waals surface area contributed by atoms with Crippen LogP contribution in [0.1, 0.15) is 84.6 Å². The summed E-state index contributed by atoms with van der Waals surface area (Å²) < 4.78 is 13.3. The van der Waals surface area contributed by atoms with Crippen molar-refractivity contribution in [3.63, 3.8) is 0 Å². The normalized spacial score (nSPS) is 12.2. The fourth-order valence-corrected chi connectivity index (χ4v) is 9.40. The Morgan fingerprint density at radius 3 is 1.96 bits per heavy atom. The van der Waals surface area contributed by atoms with Gasteiger partial charge in [-0.2, -0.15) is 18.2 Å². The zero-order valence-electron chi connectivity index (χ0n) is 40.7. The van der Waals surface area contributed by atoms with E-state index in [1.165, 1.54) is 22.3 Å². The van der Waals surface area contributed by atoms with Crippen molar-refractivity contribution in [2.75, 3.05) is 0 Å². The summed E-state index contributed by atoms with van der Waals surface area (Å²) in [6, 6.07) is 61.3. The molecule has 5 nitrogen and oxygen atoms in total. The molecule has 0 saturated heterocycles. The molecule has 10 rings (SSSR count). The first-order chi connectivity index (χ1) is 32.0. The number of aryl methyl sites for hydroxylation is 1. The van der Waals surface area contributed by atoms with Crippen molar-refractivity contribution in [1.29, 1.82) is 0 Å². The molecule has 3 heterocycles. The van der Waals surface area contributed by atoms with Crippen molar-refractivity contribution in [3.05, 3.63) is 199 Å². The molecule has 6 heteroatoms. The van der Waals surface area contributed by atoms with E-state index in [-0.39, 0.29) is 37.3 Å². The fourth-order valence-electron chi connectivity index (χ4n) is 9.40. The Labute approximate surface area is 416 Å². The molecule has 0 spiro atoms. The molecule has 0 aliphatic heterocycles. The third-order valence-electron chi connectivity index (χ3n) is 12.7. The Kier molecular flexibility index (Phi) is 12.2. The number of rotatable bonds is 8. The van der Waals surface area contributed by atoms with Gasteiger partial charge in [-0.1, -0.05) is 171 Å². The van der Waals surface area contributed by atoms with Crippen LogP contribution in [0.15, 0.2) is 158 Å². The van der Waals surface area contributed by atoms with Gasteiger partial charge < -0.3 is 13.9 Å². The Balaban J connectivity index is 0.00000578. The first-order valence-corrected chi connectivity index (χ1v) is 23.4. The molecule has 0 N–H and O–H groups in total. The number of hydrogen-bond donors (Lipinski definition) is 0. The van der Waals surface area contributed by atoms with Gasteiger partial charge in [0.2, 0.25) is 0 Å². The maximum atomic E-state index is 6.70. The number of imidazole rings is 1. The number of benzene rings is 7. The van der Waals surface area contributed by atoms with E-state index in [1.54, 1.807) is 0 Å². The van der Waals surface area contributed by atoms with Gasteiger partial charge >= 0.3 is 0 Å². The Morgan fingerprint density at radius 1 is 0.588 bits per heavy atom. The van der Waals surface area contributed by atoms with Gasteiger partial charge in [0, 0.05) is 44.3 Å². The van der Waals surface area contributed by atoms with E-state index >= 15 is 0 Å². The number of aromatic nitrogens is 4. The number of pyridine rings is 1. The van der Waals surface area contributed by atoms with E-state index in [0.29, 0.717) is 11.5 Å². The number of ether oxygens (including phenoxy) is 1. The molecule has 0 aliphatic carbocycles. The monoisotopic (exact) mass is 1070 g/mol. The maximum Gasteiger partial charge on any atom is 0.268 e. The standard InChI is InChI=1S/C62H58N4O.Pt/c1-41-19-16-28-55-58(41)65(59-50(43-20-12-11-13-21-43)25-18-26-51(59)44-34-45(61(5,6)7)36-46(35-44)62(8,9)10)40-64(55)47-22-17-23-48(37-47)67-49-29-30-53-52-24-14-15-27-54(52)66(56(53)38-49)57-33-42(31-32-63-57)39-60(2,3)4;/h11-36H,39H2,1-10H3;/q-2;. The van der Waals surface area contributed by atoms with Crippen LogP contribution in [0, 0.1) is 30.8 Å².